The highest BCUT2D eigenvalue weighted by atomic mass is 32.2. The molecule has 0 aliphatic carbocycles. The van der Waals surface area contributed by atoms with Gasteiger partial charge in [-0.05, 0) is 0 Å². The lowest BCUT2D eigenvalue weighted by Gasteiger charge is -1.96. The first kappa shape index (κ1) is 5.12. The number of nitrogens with zero attached hydrogens (tertiary/aromatic N) is 1. The molecule has 0 aromatic carbocycles. The first-order valence-electron chi connectivity index (χ1n) is 2.27. The maximum Gasteiger partial charge on any atom is 0.107 e. The summed E-state index contributed by atoms with van der Waals surface area (Å²) in [5, 5.41) is 0.361. The summed E-state index contributed by atoms with van der Waals surface area (Å²) in [4.78, 5) is 4.07. The van der Waals surface area contributed by atoms with Crippen LogP contribution in [0.4, 0.5) is 0 Å². The van der Waals surface area contributed by atoms with Crippen molar-refractivity contribution >= 4 is 18.0 Å². The van der Waals surface area contributed by atoms with Crippen LogP contribution in [-0.2, 0) is 0 Å². The molecule has 1 aliphatic heterocycles. The summed E-state index contributed by atoms with van der Waals surface area (Å²) in [6.07, 6.45) is 1.92. The fourth-order valence-corrected chi connectivity index (χ4v) is 1.19. The van der Waals surface area contributed by atoms with Gasteiger partial charge in [-0.1, -0.05) is 0 Å². The summed E-state index contributed by atoms with van der Waals surface area (Å²) >= 11 is 1.80. The van der Waals surface area contributed by atoms with Crippen molar-refractivity contribution in [1.82, 2.24) is 0 Å². The van der Waals surface area contributed by atoms with Crippen LogP contribution >= 0.6 is 11.8 Å². The first-order chi connectivity index (χ1) is 3.43. The predicted octanol–water partition coefficient (Wildman–Crippen LogP) is 0.0888. The Morgan fingerprint density at radius 3 is 3.14 bits per heavy atom. The zero-order chi connectivity index (χ0) is 5.11. The van der Waals surface area contributed by atoms with Gasteiger partial charge < -0.3 is 5.73 Å². The molecule has 1 atom stereocenters. The molecule has 0 fully saturated rings. The molecule has 1 unspecified atom stereocenters. The van der Waals surface area contributed by atoms with Crippen molar-refractivity contribution in [2.75, 3.05) is 12.3 Å². The molecule has 7 heavy (non-hydrogen) atoms. The highest BCUT2D eigenvalue weighted by Gasteiger charge is 2.05. The summed E-state index contributed by atoms with van der Waals surface area (Å²) in [5.41, 5.74) is 5.30. The molecule has 2 nitrogen and oxygen atoms in total. The predicted molar refractivity (Wildman–Crippen MR) is 33.8 cm³/mol. The summed E-state index contributed by atoms with van der Waals surface area (Å²) in [6, 6.07) is 0. The molecular weight excluding hydrogens is 108 g/mol. The molecule has 0 saturated heterocycles. The van der Waals surface area contributed by atoms with E-state index >= 15 is 0 Å². The normalized spacial score (nSPS) is 29.0. The van der Waals surface area contributed by atoms with Crippen LogP contribution in [-0.4, -0.2) is 23.9 Å². The van der Waals surface area contributed by atoms with Crippen LogP contribution in [0.1, 0.15) is 0 Å². The van der Waals surface area contributed by atoms with Gasteiger partial charge in [0.25, 0.3) is 0 Å². The summed E-state index contributed by atoms with van der Waals surface area (Å²) in [5.74, 6) is 1.04. The van der Waals surface area contributed by atoms with Crippen LogP contribution in [0.2, 0.25) is 0 Å². The molecule has 0 amide bonds. The van der Waals surface area contributed by atoms with Crippen molar-refractivity contribution in [3.8, 4) is 0 Å². The van der Waals surface area contributed by atoms with Gasteiger partial charge in [0, 0.05) is 18.5 Å². The molecular formula is C4H8N2S. The van der Waals surface area contributed by atoms with E-state index in [2.05, 4.69) is 4.99 Å². The topological polar surface area (TPSA) is 38.4 Å². The largest absolute Gasteiger partial charge is 0.328 e. The lowest BCUT2D eigenvalue weighted by Crippen LogP contribution is -2.11. The number of hydrogen-bond acceptors (Lipinski definition) is 3. The number of aliphatic imine (C=N–C) groups is 1. The Hall–Kier alpha value is -0.0200. The van der Waals surface area contributed by atoms with Gasteiger partial charge in [0.2, 0.25) is 0 Å². The fourth-order valence-electron chi connectivity index (χ4n) is 0.487. The average Bonchev–Trinajstić information content (AvgIpc) is 2.14. The second-order valence-electron chi connectivity index (χ2n) is 1.36. The van der Waals surface area contributed by atoms with E-state index in [1.54, 1.807) is 11.8 Å². The summed E-state index contributed by atoms with van der Waals surface area (Å²) in [6.45, 7) is 0.682. The average molecular weight is 116 g/mol. The molecule has 40 valence electrons. The molecule has 1 rings (SSSR count). The van der Waals surface area contributed by atoms with Crippen molar-refractivity contribution in [2.45, 2.75) is 5.37 Å². The zero-order valence-electron chi connectivity index (χ0n) is 4.00. The lowest BCUT2D eigenvalue weighted by atomic mass is 10.7. The molecule has 0 aromatic rings. The van der Waals surface area contributed by atoms with Crippen LogP contribution < -0.4 is 5.73 Å². The van der Waals surface area contributed by atoms with Gasteiger partial charge in [-0.25, -0.2) is 0 Å². The molecule has 1 aliphatic rings. The van der Waals surface area contributed by atoms with E-state index in [9.17, 15) is 0 Å². The standard InChI is InChI=1S/C4H8N2S/c5-3-4-6-1-2-7-4/h1,4H,2-3,5H2. The van der Waals surface area contributed by atoms with Crippen LogP contribution in [0.5, 0.6) is 0 Å². The molecule has 0 radical (unpaired) electrons. The van der Waals surface area contributed by atoms with Crippen LogP contribution in [0.25, 0.3) is 0 Å². The monoisotopic (exact) mass is 116 g/mol. The number of nitrogens with two attached hydrogens (primary N) is 1. The molecule has 0 saturated carbocycles. The van der Waals surface area contributed by atoms with Crippen molar-refractivity contribution < 1.29 is 0 Å². The van der Waals surface area contributed by atoms with Gasteiger partial charge in [0.1, 0.15) is 5.37 Å². The molecule has 3 heteroatoms. The van der Waals surface area contributed by atoms with Gasteiger partial charge in [-0.3, -0.25) is 4.99 Å². The lowest BCUT2D eigenvalue weighted by molar-refractivity contribution is 0.928. The van der Waals surface area contributed by atoms with Crippen LogP contribution in [0, 0.1) is 0 Å². The number of thioether (sulfide) groups is 1. The second kappa shape index (κ2) is 2.33. The smallest absolute Gasteiger partial charge is 0.107 e. The van der Waals surface area contributed by atoms with Crippen LogP contribution in [0.15, 0.2) is 4.99 Å². The third kappa shape index (κ3) is 1.17. The van der Waals surface area contributed by atoms with Crippen LogP contribution in [0.3, 0.4) is 0 Å². The van der Waals surface area contributed by atoms with Gasteiger partial charge >= 0.3 is 0 Å². The minimum Gasteiger partial charge on any atom is -0.328 e. The van der Waals surface area contributed by atoms with Gasteiger partial charge in [-0.15, -0.1) is 11.8 Å². The Bertz CT molecular complexity index is 81.8. The summed E-state index contributed by atoms with van der Waals surface area (Å²) < 4.78 is 0. The minimum atomic E-state index is 0.361. The maximum absolute atomic E-state index is 5.30. The molecule has 0 aromatic heterocycles. The second-order valence-corrected chi connectivity index (χ2v) is 2.57. The van der Waals surface area contributed by atoms with E-state index in [-0.39, 0.29) is 0 Å². The Balaban J connectivity index is 2.28. The van der Waals surface area contributed by atoms with E-state index in [1.165, 1.54) is 0 Å². The third-order valence-corrected chi connectivity index (χ3v) is 1.88. The van der Waals surface area contributed by atoms with Crippen molar-refractivity contribution in [3.05, 3.63) is 0 Å². The number of rotatable bonds is 1. The highest BCUT2D eigenvalue weighted by Crippen LogP contribution is 2.13. The maximum atomic E-state index is 5.30. The Kier molecular flexibility index (Phi) is 1.70. The Morgan fingerprint density at radius 2 is 2.86 bits per heavy atom. The van der Waals surface area contributed by atoms with Crippen molar-refractivity contribution in [1.29, 1.82) is 0 Å². The summed E-state index contributed by atoms with van der Waals surface area (Å²) in [7, 11) is 0. The quantitative estimate of drug-likeness (QED) is 0.527. The minimum absolute atomic E-state index is 0.361. The number of hydrogen-bond donors (Lipinski definition) is 1. The molecule has 0 bridgehead atoms. The highest BCUT2D eigenvalue weighted by molar-refractivity contribution is 8.00. The zero-order valence-corrected chi connectivity index (χ0v) is 4.82. The third-order valence-electron chi connectivity index (χ3n) is 0.836. The van der Waals surface area contributed by atoms with E-state index in [4.69, 9.17) is 5.73 Å². The van der Waals surface area contributed by atoms with E-state index in [1.807, 2.05) is 6.21 Å². The van der Waals surface area contributed by atoms with Gasteiger partial charge in [-0.2, -0.15) is 0 Å². The Labute approximate surface area is 47.2 Å². The first-order valence-corrected chi connectivity index (χ1v) is 3.31. The SMILES string of the molecule is NCC1N=CCS1. The van der Waals surface area contributed by atoms with Crippen molar-refractivity contribution in [2.24, 2.45) is 10.7 Å². The fraction of sp³-hybridized carbons (Fsp3) is 0.750. The van der Waals surface area contributed by atoms with Gasteiger partial charge in [0.05, 0.1) is 0 Å². The van der Waals surface area contributed by atoms with Crippen molar-refractivity contribution in [3.63, 3.8) is 0 Å². The van der Waals surface area contributed by atoms with Gasteiger partial charge in [0.15, 0.2) is 0 Å². The van der Waals surface area contributed by atoms with E-state index in [0.29, 0.717) is 11.9 Å². The molecule has 0 spiro atoms. The molecule has 1 heterocycles. The van der Waals surface area contributed by atoms with E-state index in [0.717, 1.165) is 5.75 Å². The van der Waals surface area contributed by atoms with E-state index < -0.39 is 0 Å². The molecule has 2 N–H and O–H groups in total. The Morgan fingerprint density at radius 1 is 2.00 bits per heavy atom.